The molecule has 0 aliphatic rings. The number of hydrogen-bond donors (Lipinski definition) is 2. The van der Waals surface area contributed by atoms with Gasteiger partial charge in [0.2, 0.25) is 10.0 Å². The fraction of sp³-hybridized carbons (Fsp3) is 0.0556. The van der Waals surface area contributed by atoms with Gasteiger partial charge in [0.1, 0.15) is 0 Å². The van der Waals surface area contributed by atoms with Crippen LogP contribution in [0.4, 0.5) is 5.69 Å². The number of carbonyl (C=O) groups excluding carboxylic acids is 1. The minimum absolute atomic E-state index is 0.151. The molecule has 0 radical (unpaired) electrons. The largest absolute Gasteiger partial charge is 0.321 e. The number of thiophene rings is 1. The summed E-state index contributed by atoms with van der Waals surface area (Å²) in [4.78, 5) is 12.7. The Kier molecular flexibility index (Phi) is 5.28. The lowest BCUT2D eigenvalue weighted by atomic mass is 10.2. The van der Waals surface area contributed by atoms with E-state index >= 15 is 0 Å². The number of nitrogens with one attached hydrogen (secondary N) is 2. The van der Waals surface area contributed by atoms with Gasteiger partial charge in [0.15, 0.2) is 0 Å². The van der Waals surface area contributed by atoms with E-state index in [0.717, 1.165) is 5.56 Å². The number of amides is 1. The van der Waals surface area contributed by atoms with Gasteiger partial charge in [-0.15, -0.1) is 11.3 Å². The van der Waals surface area contributed by atoms with Crippen LogP contribution in [0.5, 0.6) is 0 Å². The van der Waals surface area contributed by atoms with Gasteiger partial charge in [-0.1, -0.05) is 36.4 Å². The lowest BCUT2D eigenvalue weighted by Gasteiger charge is -2.08. The molecule has 0 fully saturated rings. The second kappa shape index (κ2) is 7.60. The lowest BCUT2D eigenvalue weighted by molar-refractivity contribution is 0.103. The zero-order chi connectivity index (χ0) is 17.7. The van der Waals surface area contributed by atoms with Crippen LogP contribution in [0.25, 0.3) is 0 Å². The van der Waals surface area contributed by atoms with Gasteiger partial charge in [-0.05, 0) is 41.3 Å². The number of carbonyl (C=O) groups is 1. The fourth-order valence-corrected chi connectivity index (χ4v) is 3.81. The summed E-state index contributed by atoms with van der Waals surface area (Å²) < 4.78 is 27.2. The minimum atomic E-state index is -3.61. The number of hydrogen-bond acceptors (Lipinski definition) is 4. The van der Waals surface area contributed by atoms with Crippen molar-refractivity contribution in [1.82, 2.24) is 4.72 Å². The first-order valence-electron chi connectivity index (χ1n) is 7.53. The molecule has 2 N–H and O–H groups in total. The Morgan fingerprint density at radius 1 is 0.920 bits per heavy atom. The topological polar surface area (TPSA) is 75.3 Å². The van der Waals surface area contributed by atoms with Crippen LogP contribution in [0.15, 0.2) is 77.0 Å². The van der Waals surface area contributed by atoms with E-state index in [-0.39, 0.29) is 17.3 Å². The Morgan fingerprint density at radius 3 is 2.28 bits per heavy atom. The molecule has 0 saturated heterocycles. The zero-order valence-electron chi connectivity index (χ0n) is 13.2. The van der Waals surface area contributed by atoms with Crippen molar-refractivity contribution in [3.8, 4) is 0 Å². The molecule has 2 aromatic carbocycles. The van der Waals surface area contributed by atoms with Crippen LogP contribution in [-0.4, -0.2) is 14.3 Å². The van der Waals surface area contributed by atoms with Crippen molar-refractivity contribution in [3.63, 3.8) is 0 Å². The molecule has 0 spiro atoms. The monoisotopic (exact) mass is 372 g/mol. The molecule has 0 atom stereocenters. The summed E-state index contributed by atoms with van der Waals surface area (Å²) in [6.07, 6.45) is 0. The normalized spacial score (nSPS) is 11.2. The summed E-state index contributed by atoms with van der Waals surface area (Å²) in [5, 5.41) is 4.56. The minimum Gasteiger partial charge on any atom is -0.321 e. The summed E-state index contributed by atoms with van der Waals surface area (Å²) in [5.41, 5.74) is 1.42. The molecule has 0 saturated carbocycles. The Labute approximate surface area is 150 Å². The van der Waals surface area contributed by atoms with Gasteiger partial charge in [-0.2, -0.15) is 0 Å². The van der Waals surface area contributed by atoms with E-state index in [1.165, 1.54) is 23.5 Å². The van der Waals surface area contributed by atoms with Crippen LogP contribution in [0, 0.1) is 0 Å². The summed E-state index contributed by atoms with van der Waals surface area (Å²) in [7, 11) is -3.61. The van der Waals surface area contributed by atoms with E-state index in [9.17, 15) is 13.2 Å². The second-order valence-corrected chi connectivity index (χ2v) is 7.98. The molecule has 7 heteroatoms. The van der Waals surface area contributed by atoms with Crippen molar-refractivity contribution in [2.75, 3.05) is 5.32 Å². The summed E-state index contributed by atoms with van der Waals surface area (Å²) in [6, 6.07) is 18.9. The first-order chi connectivity index (χ1) is 12.0. The Bertz CT molecular complexity index is 936. The molecule has 5 nitrogen and oxygen atoms in total. The standard InChI is InChI=1S/C18H16N2O3S2/c21-18(17-7-4-12-24-17)20-15-8-10-16(11-9-15)25(22,23)19-13-14-5-2-1-3-6-14/h1-12,19H,13H2,(H,20,21). The van der Waals surface area contributed by atoms with Gasteiger partial charge in [0.25, 0.3) is 5.91 Å². The fourth-order valence-electron chi connectivity index (χ4n) is 2.18. The van der Waals surface area contributed by atoms with Gasteiger partial charge in [-0.25, -0.2) is 13.1 Å². The predicted octanol–water partition coefficient (Wildman–Crippen LogP) is 3.48. The molecule has 3 rings (SSSR count). The summed E-state index contributed by atoms with van der Waals surface area (Å²) in [6.45, 7) is 0.222. The highest BCUT2D eigenvalue weighted by atomic mass is 32.2. The highest BCUT2D eigenvalue weighted by Crippen LogP contribution is 2.17. The quantitative estimate of drug-likeness (QED) is 0.696. The molecule has 0 bridgehead atoms. The van der Waals surface area contributed by atoms with Gasteiger partial charge >= 0.3 is 0 Å². The van der Waals surface area contributed by atoms with E-state index in [2.05, 4.69) is 10.0 Å². The van der Waals surface area contributed by atoms with Crippen LogP contribution < -0.4 is 10.0 Å². The maximum atomic E-state index is 12.3. The molecule has 1 amide bonds. The van der Waals surface area contributed by atoms with Crippen molar-refractivity contribution in [2.24, 2.45) is 0 Å². The Morgan fingerprint density at radius 2 is 1.64 bits per heavy atom. The second-order valence-electron chi connectivity index (χ2n) is 5.27. The summed E-state index contributed by atoms with van der Waals surface area (Å²) in [5.74, 6) is -0.215. The van der Waals surface area contributed by atoms with Gasteiger partial charge in [0, 0.05) is 12.2 Å². The molecule has 25 heavy (non-hydrogen) atoms. The predicted molar refractivity (Wildman–Crippen MR) is 99.2 cm³/mol. The van der Waals surface area contributed by atoms with E-state index in [0.29, 0.717) is 10.6 Å². The number of sulfonamides is 1. The summed E-state index contributed by atoms with van der Waals surface area (Å²) >= 11 is 1.34. The van der Waals surface area contributed by atoms with Crippen molar-refractivity contribution in [2.45, 2.75) is 11.4 Å². The molecular formula is C18H16N2O3S2. The highest BCUT2D eigenvalue weighted by molar-refractivity contribution is 7.89. The molecule has 1 heterocycles. The van der Waals surface area contributed by atoms with Crippen molar-refractivity contribution in [3.05, 3.63) is 82.6 Å². The molecule has 0 aliphatic heterocycles. The zero-order valence-corrected chi connectivity index (χ0v) is 14.8. The van der Waals surface area contributed by atoms with Gasteiger partial charge in [-0.3, -0.25) is 4.79 Å². The first kappa shape index (κ1) is 17.3. The maximum absolute atomic E-state index is 12.3. The maximum Gasteiger partial charge on any atom is 0.265 e. The third-order valence-electron chi connectivity index (χ3n) is 3.48. The number of benzene rings is 2. The number of anilines is 1. The molecule has 128 valence electrons. The molecule has 0 aliphatic carbocycles. The smallest absolute Gasteiger partial charge is 0.265 e. The van der Waals surface area contributed by atoms with Crippen molar-refractivity contribution >= 4 is 33.0 Å². The van der Waals surface area contributed by atoms with E-state index in [4.69, 9.17) is 0 Å². The molecule has 0 unspecified atom stereocenters. The average Bonchev–Trinajstić information content (AvgIpc) is 3.16. The van der Waals surface area contributed by atoms with Crippen molar-refractivity contribution in [1.29, 1.82) is 0 Å². The first-order valence-corrected chi connectivity index (χ1v) is 9.89. The Balaban J connectivity index is 1.65. The SMILES string of the molecule is O=C(Nc1ccc(S(=O)(=O)NCc2ccccc2)cc1)c1cccs1. The molecule has 1 aromatic heterocycles. The van der Waals surface area contributed by atoms with Gasteiger partial charge in [0.05, 0.1) is 9.77 Å². The number of rotatable bonds is 6. The van der Waals surface area contributed by atoms with Crippen LogP contribution in [-0.2, 0) is 16.6 Å². The molecule has 3 aromatic rings. The van der Waals surface area contributed by atoms with E-state index in [1.807, 2.05) is 35.7 Å². The van der Waals surface area contributed by atoms with Crippen LogP contribution in [0.2, 0.25) is 0 Å². The third-order valence-corrected chi connectivity index (χ3v) is 5.76. The average molecular weight is 372 g/mol. The van der Waals surface area contributed by atoms with E-state index < -0.39 is 10.0 Å². The Hall–Kier alpha value is -2.48. The van der Waals surface area contributed by atoms with E-state index in [1.54, 1.807) is 24.3 Å². The van der Waals surface area contributed by atoms with Crippen LogP contribution in [0.1, 0.15) is 15.2 Å². The van der Waals surface area contributed by atoms with Gasteiger partial charge < -0.3 is 5.32 Å². The highest BCUT2D eigenvalue weighted by Gasteiger charge is 2.14. The van der Waals surface area contributed by atoms with Crippen molar-refractivity contribution < 1.29 is 13.2 Å². The van der Waals surface area contributed by atoms with Crippen LogP contribution in [0.3, 0.4) is 0 Å². The third kappa shape index (κ3) is 4.54. The van der Waals surface area contributed by atoms with Crippen LogP contribution >= 0.6 is 11.3 Å². The molecular weight excluding hydrogens is 356 g/mol. The lowest BCUT2D eigenvalue weighted by Crippen LogP contribution is -2.23.